The van der Waals surface area contributed by atoms with Gasteiger partial charge in [0.25, 0.3) is 0 Å². The monoisotopic (exact) mass is 264 g/mol. The first kappa shape index (κ1) is 14.2. The number of likely N-dealkylation sites (N-methyl/N-ethyl adjacent to an activating group) is 2. The van der Waals surface area contributed by atoms with Gasteiger partial charge in [-0.25, -0.2) is 4.98 Å². The number of nitrogens with one attached hydrogen (secondary N) is 1. The molecule has 19 heavy (non-hydrogen) atoms. The Bertz CT molecular complexity index is 415. The van der Waals surface area contributed by atoms with Crippen molar-refractivity contribution in [2.75, 3.05) is 39.5 Å². The lowest BCUT2D eigenvalue weighted by Gasteiger charge is -2.42. The van der Waals surface area contributed by atoms with Crippen molar-refractivity contribution >= 4 is 5.82 Å². The van der Waals surface area contributed by atoms with E-state index in [1.807, 2.05) is 13.0 Å². The first-order chi connectivity index (χ1) is 9.04. The van der Waals surface area contributed by atoms with Crippen LogP contribution in [0.1, 0.15) is 17.2 Å². The van der Waals surface area contributed by atoms with Crippen LogP contribution in [0.3, 0.4) is 0 Å². The van der Waals surface area contributed by atoms with Crippen molar-refractivity contribution in [3.8, 4) is 0 Å². The molecular weight excluding hydrogens is 240 g/mol. The van der Waals surface area contributed by atoms with Gasteiger partial charge in [-0.3, -0.25) is 16.2 Å². The molecule has 1 aliphatic rings. The Morgan fingerprint density at radius 2 is 2.16 bits per heavy atom. The molecule has 2 rings (SSSR count). The maximum absolute atomic E-state index is 6.05. The summed E-state index contributed by atoms with van der Waals surface area (Å²) in [4.78, 5) is 8.84. The number of hydrogen-bond acceptors (Lipinski definition) is 6. The number of anilines is 1. The second-order valence-electron chi connectivity index (χ2n) is 5.38. The molecule has 2 unspecified atom stereocenters. The fourth-order valence-electron chi connectivity index (χ4n) is 2.79. The summed E-state index contributed by atoms with van der Waals surface area (Å²) in [6.07, 6.45) is 1.73. The van der Waals surface area contributed by atoms with Gasteiger partial charge in [-0.2, -0.15) is 0 Å². The number of piperazine rings is 1. The van der Waals surface area contributed by atoms with Gasteiger partial charge in [0.05, 0.1) is 6.04 Å². The minimum atomic E-state index is -0.0125. The van der Waals surface area contributed by atoms with E-state index in [0.717, 1.165) is 30.8 Å². The summed E-state index contributed by atoms with van der Waals surface area (Å²) in [6.45, 7) is 5.10. The largest absolute Gasteiger partial charge is 0.383 e. The van der Waals surface area contributed by atoms with Crippen LogP contribution in [0.2, 0.25) is 0 Å². The van der Waals surface area contributed by atoms with Crippen molar-refractivity contribution < 1.29 is 0 Å². The highest BCUT2D eigenvalue weighted by molar-refractivity contribution is 5.46. The van der Waals surface area contributed by atoms with Crippen molar-refractivity contribution in [1.82, 2.24) is 20.2 Å². The number of pyridine rings is 1. The number of rotatable bonds is 3. The molecule has 6 heteroatoms. The average Bonchev–Trinajstić information content (AvgIpc) is 2.37. The van der Waals surface area contributed by atoms with Crippen LogP contribution >= 0.6 is 0 Å². The second kappa shape index (κ2) is 5.83. The van der Waals surface area contributed by atoms with E-state index in [2.05, 4.69) is 34.3 Å². The van der Waals surface area contributed by atoms with Gasteiger partial charge in [0.2, 0.25) is 0 Å². The molecule has 1 aliphatic heterocycles. The zero-order chi connectivity index (χ0) is 14.0. The van der Waals surface area contributed by atoms with Crippen LogP contribution in [0, 0.1) is 6.92 Å². The number of nitrogens with two attached hydrogens (primary N) is 2. The first-order valence-corrected chi connectivity index (χ1v) is 6.60. The maximum atomic E-state index is 6.05. The normalized spacial score (nSPS) is 23.5. The summed E-state index contributed by atoms with van der Waals surface area (Å²) in [6, 6.07) is 2.25. The SMILES string of the molecule is Cc1ccnc(N)c1C(NN)C1CN(C)CCN1C. The Hall–Kier alpha value is -1.21. The molecule has 0 saturated carbocycles. The van der Waals surface area contributed by atoms with Gasteiger partial charge in [-0.1, -0.05) is 0 Å². The summed E-state index contributed by atoms with van der Waals surface area (Å²) < 4.78 is 0. The van der Waals surface area contributed by atoms with Crippen molar-refractivity contribution in [1.29, 1.82) is 0 Å². The summed E-state index contributed by atoms with van der Waals surface area (Å²) in [7, 11) is 4.26. The zero-order valence-electron chi connectivity index (χ0n) is 11.9. The van der Waals surface area contributed by atoms with Gasteiger partial charge in [-0.15, -0.1) is 0 Å². The summed E-state index contributed by atoms with van der Waals surface area (Å²) >= 11 is 0. The average molecular weight is 264 g/mol. The topological polar surface area (TPSA) is 83.4 Å². The second-order valence-corrected chi connectivity index (χ2v) is 5.38. The van der Waals surface area contributed by atoms with Crippen LogP contribution in [-0.2, 0) is 0 Å². The van der Waals surface area contributed by atoms with Crippen molar-refractivity contribution in [2.45, 2.75) is 19.0 Å². The van der Waals surface area contributed by atoms with Gasteiger partial charge in [-0.05, 0) is 32.6 Å². The Kier molecular flexibility index (Phi) is 4.36. The van der Waals surface area contributed by atoms with Crippen LogP contribution in [0.5, 0.6) is 0 Å². The number of aromatic nitrogens is 1. The zero-order valence-corrected chi connectivity index (χ0v) is 11.9. The molecule has 0 aliphatic carbocycles. The quantitative estimate of drug-likeness (QED) is 0.514. The smallest absolute Gasteiger partial charge is 0.128 e. The Balaban J connectivity index is 2.33. The van der Waals surface area contributed by atoms with Crippen molar-refractivity contribution in [2.24, 2.45) is 5.84 Å². The molecule has 0 aromatic carbocycles. The molecule has 2 heterocycles. The molecule has 0 amide bonds. The number of nitrogen functional groups attached to an aromatic ring is 1. The lowest BCUT2D eigenvalue weighted by Crippen LogP contribution is -2.56. The standard InChI is InChI=1S/C13H24N6/c1-9-4-5-16-13(14)11(9)12(17-15)10-8-18(2)6-7-19(10)3/h4-5,10,12,17H,6-8,15H2,1-3H3,(H2,14,16). The summed E-state index contributed by atoms with van der Waals surface area (Å²) in [5, 5.41) is 0. The molecular formula is C13H24N6. The van der Waals surface area contributed by atoms with E-state index in [-0.39, 0.29) is 12.1 Å². The number of aryl methyl sites for hydroxylation is 1. The van der Waals surface area contributed by atoms with E-state index in [0.29, 0.717) is 5.82 Å². The number of hydrogen-bond donors (Lipinski definition) is 3. The van der Waals surface area contributed by atoms with Gasteiger partial charge >= 0.3 is 0 Å². The van der Waals surface area contributed by atoms with Gasteiger partial charge < -0.3 is 10.6 Å². The van der Waals surface area contributed by atoms with Gasteiger partial charge in [0, 0.05) is 37.4 Å². The predicted molar refractivity (Wildman–Crippen MR) is 77.4 cm³/mol. The van der Waals surface area contributed by atoms with E-state index in [1.165, 1.54) is 0 Å². The molecule has 0 radical (unpaired) electrons. The van der Waals surface area contributed by atoms with Crippen LogP contribution in [0.4, 0.5) is 5.82 Å². The summed E-state index contributed by atoms with van der Waals surface area (Å²) in [5.41, 5.74) is 11.1. The number of nitrogens with zero attached hydrogens (tertiary/aromatic N) is 3. The predicted octanol–water partition coefficient (Wildman–Crippen LogP) is -0.278. The molecule has 1 saturated heterocycles. The lowest BCUT2D eigenvalue weighted by atomic mass is 9.94. The molecule has 1 fully saturated rings. The van der Waals surface area contributed by atoms with Gasteiger partial charge in [0.15, 0.2) is 0 Å². The molecule has 0 bridgehead atoms. The fraction of sp³-hybridized carbons (Fsp3) is 0.615. The Labute approximate surface area is 114 Å². The van der Waals surface area contributed by atoms with E-state index in [1.54, 1.807) is 6.20 Å². The lowest BCUT2D eigenvalue weighted by molar-refractivity contribution is 0.0876. The third kappa shape index (κ3) is 2.87. The third-order valence-corrected chi connectivity index (χ3v) is 4.01. The van der Waals surface area contributed by atoms with Crippen LogP contribution in [-0.4, -0.2) is 54.6 Å². The Morgan fingerprint density at radius 3 is 2.79 bits per heavy atom. The number of hydrazine groups is 1. The molecule has 2 atom stereocenters. The highest BCUT2D eigenvalue weighted by Crippen LogP contribution is 2.28. The first-order valence-electron chi connectivity index (χ1n) is 6.60. The molecule has 1 aromatic heterocycles. The van der Waals surface area contributed by atoms with E-state index in [4.69, 9.17) is 11.6 Å². The van der Waals surface area contributed by atoms with Gasteiger partial charge in [0.1, 0.15) is 5.82 Å². The molecule has 1 aromatic rings. The van der Waals surface area contributed by atoms with E-state index >= 15 is 0 Å². The molecule has 5 N–H and O–H groups in total. The third-order valence-electron chi connectivity index (χ3n) is 4.01. The van der Waals surface area contributed by atoms with Crippen LogP contribution in [0.15, 0.2) is 12.3 Å². The highest BCUT2D eigenvalue weighted by atomic mass is 15.3. The maximum Gasteiger partial charge on any atom is 0.128 e. The van der Waals surface area contributed by atoms with Crippen LogP contribution in [0.25, 0.3) is 0 Å². The van der Waals surface area contributed by atoms with Crippen LogP contribution < -0.4 is 17.0 Å². The minimum Gasteiger partial charge on any atom is -0.383 e. The van der Waals surface area contributed by atoms with Crippen molar-refractivity contribution in [3.05, 3.63) is 23.4 Å². The fourth-order valence-corrected chi connectivity index (χ4v) is 2.79. The minimum absolute atomic E-state index is 0.0125. The van der Waals surface area contributed by atoms with Crippen molar-refractivity contribution in [3.63, 3.8) is 0 Å². The molecule has 6 nitrogen and oxygen atoms in total. The highest BCUT2D eigenvalue weighted by Gasteiger charge is 2.32. The summed E-state index contributed by atoms with van der Waals surface area (Å²) in [5.74, 6) is 6.36. The molecule has 0 spiro atoms. The molecule has 106 valence electrons. The van der Waals surface area contributed by atoms with E-state index in [9.17, 15) is 0 Å². The van der Waals surface area contributed by atoms with E-state index < -0.39 is 0 Å². The Morgan fingerprint density at radius 1 is 1.42 bits per heavy atom.